The Labute approximate surface area is 147 Å². The van der Waals surface area contributed by atoms with Crippen LogP contribution in [-0.2, 0) is 9.59 Å². The van der Waals surface area contributed by atoms with Crippen molar-refractivity contribution in [2.45, 2.75) is 25.8 Å². The van der Waals surface area contributed by atoms with Gasteiger partial charge in [-0.05, 0) is 31.5 Å². The lowest BCUT2D eigenvalue weighted by atomic mass is 9.83. The summed E-state index contributed by atoms with van der Waals surface area (Å²) in [4.78, 5) is 26.6. The molecule has 2 aromatic rings. The first kappa shape index (κ1) is 17.0. The van der Waals surface area contributed by atoms with Crippen LogP contribution in [0.25, 0.3) is 0 Å². The monoisotopic (exact) mass is 338 g/mol. The van der Waals surface area contributed by atoms with Gasteiger partial charge >= 0.3 is 0 Å². The molecule has 2 N–H and O–H groups in total. The molecule has 0 spiro atoms. The number of benzene rings is 2. The third-order valence-electron chi connectivity index (χ3n) is 4.73. The normalized spacial score (nSPS) is 20.4. The van der Waals surface area contributed by atoms with E-state index >= 15 is 0 Å². The van der Waals surface area contributed by atoms with Crippen LogP contribution in [0.2, 0.25) is 0 Å². The van der Waals surface area contributed by atoms with Gasteiger partial charge in [0.25, 0.3) is 0 Å². The molecule has 1 fully saturated rings. The highest BCUT2D eigenvalue weighted by atomic mass is 16.5. The Kier molecular flexibility index (Phi) is 4.74. The highest BCUT2D eigenvalue weighted by Gasteiger charge is 2.41. The summed E-state index contributed by atoms with van der Waals surface area (Å²) < 4.78 is 5.48. The summed E-state index contributed by atoms with van der Waals surface area (Å²) in [6.07, 6.45) is 0.742. The van der Waals surface area contributed by atoms with Gasteiger partial charge in [-0.2, -0.15) is 0 Å². The van der Waals surface area contributed by atoms with E-state index in [1.54, 1.807) is 12.0 Å². The first-order valence-electron chi connectivity index (χ1n) is 8.34. The number of hydrogen-bond donors (Lipinski definition) is 1. The third kappa shape index (κ3) is 3.22. The lowest BCUT2D eigenvalue weighted by Gasteiger charge is -2.40. The summed E-state index contributed by atoms with van der Waals surface area (Å²) in [6, 6.07) is 14.7. The van der Waals surface area contributed by atoms with Gasteiger partial charge in [0.15, 0.2) is 0 Å². The number of aryl methyl sites for hydroxylation is 1. The molecule has 2 aromatic carbocycles. The van der Waals surface area contributed by atoms with Crippen LogP contribution in [0.3, 0.4) is 0 Å². The first-order valence-corrected chi connectivity index (χ1v) is 8.34. The second kappa shape index (κ2) is 6.97. The summed E-state index contributed by atoms with van der Waals surface area (Å²) in [7, 11) is 1.58. The quantitative estimate of drug-likeness (QED) is 0.931. The van der Waals surface area contributed by atoms with Gasteiger partial charge in [0, 0.05) is 17.7 Å². The minimum atomic E-state index is -0.474. The number of carbonyl (C=O) groups is 2. The molecule has 0 unspecified atom stereocenters. The zero-order chi connectivity index (χ0) is 18.0. The van der Waals surface area contributed by atoms with Crippen LogP contribution in [0.5, 0.6) is 5.75 Å². The second-order valence-corrected chi connectivity index (χ2v) is 6.33. The van der Waals surface area contributed by atoms with E-state index in [1.165, 1.54) is 0 Å². The van der Waals surface area contributed by atoms with Crippen LogP contribution < -0.4 is 15.4 Å². The number of primary amides is 1. The molecule has 5 heteroatoms. The van der Waals surface area contributed by atoms with Gasteiger partial charge in [0.05, 0.1) is 19.1 Å². The van der Waals surface area contributed by atoms with E-state index in [-0.39, 0.29) is 5.91 Å². The number of carbonyl (C=O) groups excluding carboxylic acids is 2. The summed E-state index contributed by atoms with van der Waals surface area (Å²) >= 11 is 0. The van der Waals surface area contributed by atoms with E-state index in [4.69, 9.17) is 10.5 Å². The molecule has 1 aliphatic rings. The summed E-state index contributed by atoms with van der Waals surface area (Å²) in [6.45, 7) is 1.99. The molecule has 2 amide bonds. The van der Waals surface area contributed by atoms with Gasteiger partial charge in [-0.25, -0.2) is 0 Å². The number of rotatable bonds is 4. The Balaban J connectivity index is 2.15. The highest BCUT2D eigenvalue weighted by Crippen LogP contribution is 2.42. The molecule has 0 bridgehead atoms. The highest BCUT2D eigenvalue weighted by molar-refractivity contribution is 5.97. The molecule has 1 aliphatic heterocycles. The minimum absolute atomic E-state index is 0.0164. The average Bonchev–Trinajstić information content (AvgIpc) is 2.62. The first-order chi connectivity index (χ1) is 12.0. The molecule has 130 valence electrons. The van der Waals surface area contributed by atoms with E-state index in [1.807, 2.05) is 55.5 Å². The number of para-hydroxylation sites is 1. The summed E-state index contributed by atoms with van der Waals surface area (Å²) in [5.74, 6) is -0.237. The molecule has 25 heavy (non-hydrogen) atoms. The van der Waals surface area contributed by atoms with E-state index in [2.05, 4.69) is 0 Å². The van der Waals surface area contributed by atoms with Gasteiger partial charge in [0.2, 0.25) is 11.8 Å². The van der Waals surface area contributed by atoms with Gasteiger partial charge in [0.1, 0.15) is 5.75 Å². The topological polar surface area (TPSA) is 72.6 Å². The number of methoxy groups -OCH3 is 1. The lowest BCUT2D eigenvalue weighted by molar-refractivity contribution is -0.127. The zero-order valence-corrected chi connectivity index (χ0v) is 14.4. The maximum atomic E-state index is 12.8. The standard InChI is InChI=1S/C20H22N2O3/c1-13-7-9-14(10-8-13)22-18(23)12-11-16(20(21)24)19(22)15-5-3-4-6-17(15)25-2/h3-10,16,19H,11-12H2,1-2H3,(H2,21,24)/t16-,19+/m1/s1. The second-order valence-electron chi connectivity index (χ2n) is 6.33. The van der Waals surface area contributed by atoms with Crippen LogP contribution in [0, 0.1) is 12.8 Å². The molecule has 1 saturated heterocycles. The number of hydrogen-bond acceptors (Lipinski definition) is 3. The van der Waals surface area contributed by atoms with Gasteiger partial charge in [-0.15, -0.1) is 0 Å². The fourth-order valence-electron chi connectivity index (χ4n) is 3.47. The van der Waals surface area contributed by atoms with Crippen molar-refractivity contribution in [2.75, 3.05) is 12.0 Å². The van der Waals surface area contributed by atoms with E-state index in [0.717, 1.165) is 16.8 Å². The number of anilines is 1. The van der Waals surface area contributed by atoms with Crippen LogP contribution >= 0.6 is 0 Å². The lowest BCUT2D eigenvalue weighted by Crippen LogP contribution is -2.47. The predicted molar refractivity (Wildman–Crippen MR) is 96.3 cm³/mol. The van der Waals surface area contributed by atoms with Gasteiger partial charge in [-0.3, -0.25) is 9.59 Å². The number of nitrogens with zero attached hydrogens (tertiary/aromatic N) is 1. The van der Waals surface area contributed by atoms with Crippen LogP contribution in [0.15, 0.2) is 48.5 Å². The molecule has 3 rings (SSSR count). The van der Waals surface area contributed by atoms with Crippen molar-refractivity contribution >= 4 is 17.5 Å². The van der Waals surface area contributed by atoms with Crippen LogP contribution in [0.4, 0.5) is 5.69 Å². The number of amides is 2. The number of piperidine rings is 1. The van der Waals surface area contributed by atoms with Crippen molar-refractivity contribution in [2.24, 2.45) is 11.7 Å². The maximum absolute atomic E-state index is 12.8. The number of ether oxygens (including phenoxy) is 1. The molecule has 1 heterocycles. The Morgan fingerprint density at radius 2 is 1.84 bits per heavy atom. The molecular weight excluding hydrogens is 316 g/mol. The Morgan fingerprint density at radius 3 is 2.48 bits per heavy atom. The smallest absolute Gasteiger partial charge is 0.227 e. The summed E-state index contributed by atoms with van der Waals surface area (Å²) in [5.41, 5.74) is 8.34. The SMILES string of the molecule is COc1ccccc1[C@H]1[C@H](C(N)=O)CCC(=O)N1c1ccc(C)cc1. The van der Waals surface area contributed by atoms with Gasteiger partial charge < -0.3 is 15.4 Å². The Bertz CT molecular complexity index is 786. The van der Waals surface area contributed by atoms with Crippen molar-refractivity contribution in [1.82, 2.24) is 0 Å². The molecule has 0 radical (unpaired) electrons. The molecule has 0 saturated carbocycles. The van der Waals surface area contributed by atoms with Gasteiger partial charge in [-0.1, -0.05) is 35.9 Å². The largest absolute Gasteiger partial charge is 0.496 e. The van der Waals surface area contributed by atoms with Crippen molar-refractivity contribution in [3.05, 3.63) is 59.7 Å². The third-order valence-corrected chi connectivity index (χ3v) is 4.73. The fraction of sp³-hybridized carbons (Fsp3) is 0.300. The average molecular weight is 338 g/mol. The van der Waals surface area contributed by atoms with Crippen LogP contribution in [0.1, 0.15) is 30.0 Å². The molecule has 2 atom stereocenters. The van der Waals surface area contributed by atoms with Crippen molar-refractivity contribution in [3.63, 3.8) is 0 Å². The van der Waals surface area contributed by atoms with Crippen LogP contribution in [-0.4, -0.2) is 18.9 Å². The Morgan fingerprint density at radius 1 is 1.16 bits per heavy atom. The maximum Gasteiger partial charge on any atom is 0.227 e. The predicted octanol–water partition coefficient (Wildman–Crippen LogP) is 2.97. The van der Waals surface area contributed by atoms with E-state index < -0.39 is 17.9 Å². The number of nitrogens with two attached hydrogens (primary N) is 1. The molecule has 0 aromatic heterocycles. The van der Waals surface area contributed by atoms with Crippen molar-refractivity contribution < 1.29 is 14.3 Å². The Hall–Kier alpha value is -2.82. The van der Waals surface area contributed by atoms with E-state index in [9.17, 15) is 9.59 Å². The van der Waals surface area contributed by atoms with Crippen molar-refractivity contribution in [1.29, 1.82) is 0 Å². The fourth-order valence-corrected chi connectivity index (χ4v) is 3.47. The molecule has 0 aliphatic carbocycles. The van der Waals surface area contributed by atoms with Crippen molar-refractivity contribution in [3.8, 4) is 5.75 Å². The minimum Gasteiger partial charge on any atom is -0.496 e. The molecular formula is C20H22N2O3. The molecule has 5 nitrogen and oxygen atoms in total. The summed E-state index contributed by atoms with van der Waals surface area (Å²) in [5, 5.41) is 0. The van der Waals surface area contributed by atoms with E-state index in [0.29, 0.717) is 18.6 Å². The zero-order valence-electron chi connectivity index (χ0n) is 14.4.